The third-order valence-corrected chi connectivity index (χ3v) is 6.20. The monoisotopic (exact) mass is 344 g/mol. The average Bonchev–Trinajstić information content (AvgIpc) is 2.64. The lowest BCUT2D eigenvalue weighted by Crippen LogP contribution is -2.42. The minimum atomic E-state index is -2.50. The van der Waals surface area contributed by atoms with Gasteiger partial charge in [0.05, 0.1) is 0 Å². The largest absolute Gasteiger partial charge is 0.497 e. The maximum atomic E-state index is 5.95. The summed E-state index contributed by atoms with van der Waals surface area (Å²) in [5, 5.41) is 0. The fraction of sp³-hybridized carbons (Fsp3) is 0.400. The van der Waals surface area contributed by atoms with E-state index in [9.17, 15) is 0 Å². The van der Waals surface area contributed by atoms with Crippen LogP contribution in [-0.4, -0.2) is 29.1 Å². The van der Waals surface area contributed by atoms with Crippen LogP contribution in [0.25, 0.3) is 0 Å². The topological polar surface area (TPSA) is 27.7 Å². The van der Waals surface area contributed by atoms with E-state index in [1.54, 1.807) is 7.11 Å². The Morgan fingerprint density at radius 3 is 1.50 bits per heavy atom. The molecule has 0 bridgehead atoms. The molecule has 0 unspecified atom stereocenters. The molecule has 0 aliphatic rings. The SMILES string of the molecule is CO[Si](C)(OCCCc1ccccc1)OCCCc1ccccc1. The zero-order chi connectivity index (χ0) is 17.1. The third kappa shape index (κ3) is 6.97. The van der Waals surface area contributed by atoms with Gasteiger partial charge in [-0.05, 0) is 36.8 Å². The first kappa shape index (κ1) is 18.9. The summed E-state index contributed by atoms with van der Waals surface area (Å²) in [7, 11) is -0.819. The van der Waals surface area contributed by atoms with Crippen molar-refractivity contribution in [2.75, 3.05) is 20.3 Å². The van der Waals surface area contributed by atoms with Gasteiger partial charge in [-0.15, -0.1) is 0 Å². The van der Waals surface area contributed by atoms with Crippen LogP contribution in [0.4, 0.5) is 0 Å². The molecule has 4 heteroatoms. The van der Waals surface area contributed by atoms with Crippen molar-refractivity contribution in [3.05, 3.63) is 71.8 Å². The van der Waals surface area contributed by atoms with Gasteiger partial charge in [0, 0.05) is 26.9 Å². The molecule has 0 radical (unpaired) electrons. The van der Waals surface area contributed by atoms with Crippen LogP contribution < -0.4 is 0 Å². The summed E-state index contributed by atoms with van der Waals surface area (Å²) in [6.07, 6.45) is 3.98. The second-order valence-electron chi connectivity index (χ2n) is 5.94. The van der Waals surface area contributed by atoms with E-state index in [0.29, 0.717) is 13.2 Å². The molecule has 0 aliphatic carbocycles. The minimum Gasteiger partial charge on any atom is -0.377 e. The second kappa shape index (κ2) is 10.4. The molecule has 0 saturated heterocycles. The number of hydrogen-bond acceptors (Lipinski definition) is 3. The maximum Gasteiger partial charge on any atom is 0.497 e. The van der Waals surface area contributed by atoms with E-state index in [-0.39, 0.29) is 0 Å². The molecule has 0 fully saturated rings. The second-order valence-corrected chi connectivity index (χ2v) is 8.65. The molecule has 3 nitrogen and oxygen atoms in total. The van der Waals surface area contributed by atoms with Crippen molar-refractivity contribution in [1.29, 1.82) is 0 Å². The van der Waals surface area contributed by atoms with Gasteiger partial charge in [0.2, 0.25) is 0 Å². The van der Waals surface area contributed by atoms with Crippen LogP contribution in [0, 0.1) is 0 Å². The number of rotatable bonds is 11. The first-order valence-corrected chi connectivity index (χ1v) is 10.9. The fourth-order valence-corrected chi connectivity index (χ4v) is 3.87. The van der Waals surface area contributed by atoms with Gasteiger partial charge in [-0.3, -0.25) is 0 Å². The van der Waals surface area contributed by atoms with Crippen LogP contribution in [0.1, 0.15) is 24.0 Å². The molecular formula is C20H28O3Si. The van der Waals surface area contributed by atoms with E-state index in [1.165, 1.54) is 11.1 Å². The third-order valence-electron chi connectivity index (χ3n) is 4.00. The molecule has 0 N–H and O–H groups in total. The average molecular weight is 345 g/mol. The molecule has 0 aliphatic heterocycles. The standard InChI is InChI=1S/C20H28O3Si/c1-21-24(2,22-17-9-15-19-11-5-3-6-12-19)23-18-10-16-20-13-7-4-8-14-20/h3-8,11-14H,9-10,15-18H2,1-2H3. The van der Waals surface area contributed by atoms with E-state index in [0.717, 1.165) is 25.7 Å². The highest BCUT2D eigenvalue weighted by atomic mass is 28.4. The Kier molecular flexibility index (Phi) is 8.19. The van der Waals surface area contributed by atoms with E-state index in [2.05, 4.69) is 48.5 Å². The van der Waals surface area contributed by atoms with Gasteiger partial charge >= 0.3 is 8.80 Å². The first-order valence-electron chi connectivity index (χ1n) is 8.63. The van der Waals surface area contributed by atoms with Gasteiger partial charge in [0.15, 0.2) is 0 Å². The Bertz CT molecular complexity index is 512. The van der Waals surface area contributed by atoms with Crippen molar-refractivity contribution in [2.45, 2.75) is 32.2 Å². The summed E-state index contributed by atoms with van der Waals surface area (Å²) in [5.74, 6) is 0. The Morgan fingerprint density at radius 1 is 0.708 bits per heavy atom. The molecule has 0 aromatic heterocycles. The van der Waals surface area contributed by atoms with E-state index >= 15 is 0 Å². The Morgan fingerprint density at radius 2 is 1.12 bits per heavy atom. The summed E-state index contributed by atoms with van der Waals surface area (Å²) < 4.78 is 17.4. The van der Waals surface area contributed by atoms with Crippen molar-refractivity contribution in [1.82, 2.24) is 0 Å². The van der Waals surface area contributed by atoms with Crippen molar-refractivity contribution >= 4 is 8.80 Å². The molecule has 2 rings (SSSR count). The van der Waals surface area contributed by atoms with Crippen molar-refractivity contribution < 1.29 is 13.3 Å². The first-order chi connectivity index (χ1) is 11.7. The lowest BCUT2D eigenvalue weighted by Gasteiger charge is -2.24. The van der Waals surface area contributed by atoms with Crippen LogP contribution in [-0.2, 0) is 26.1 Å². The van der Waals surface area contributed by atoms with Gasteiger partial charge in [-0.2, -0.15) is 0 Å². The van der Waals surface area contributed by atoms with Gasteiger partial charge in [0.1, 0.15) is 0 Å². The van der Waals surface area contributed by atoms with Crippen LogP contribution in [0.15, 0.2) is 60.7 Å². The Balaban J connectivity index is 1.63. The fourth-order valence-electron chi connectivity index (χ4n) is 2.52. The maximum absolute atomic E-state index is 5.95. The normalized spacial score (nSPS) is 11.6. The molecule has 0 heterocycles. The molecule has 0 amide bonds. The number of benzene rings is 2. The zero-order valence-corrected chi connectivity index (χ0v) is 15.7. The summed E-state index contributed by atoms with van der Waals surface area (Å²) in [6.45, 7) is 3.31. The molecule has 130 valence electrons. The highest BCUT2D eigenvalue weighted by molar-refractivity contribution is 6.59. The molecule has 2 aromatic rings. The summed E-state index contributed by atoms with van der Waals surface area (Å²) in [6, 6.07) is 20.9. The van der Waals surface area contributed by atoms with Crippen molar-refractivity contribution in [2.24, 2.45) is 0 Å². The lowest BCUT2D eigenvalue weighted by molar-refractivity contribution is 0.0824. The highest BCUT2D eigenvalue weighted by Gasteiger charge is 2.33. The number of aryl methyl sites for hydroxylation is 2. The van der Waals surface area contributed by atoms with Gasteiger partial charge in [-0.1, -0.05) is 60.7 Å². The van der Waals surface area contributed by atoms with E-state index in [1.807, 2.05) is 18.7 Å². The molecule has 0 saturated carbocycles. The molecular weight excluding hydrogens is 316 g/mol. The molecule has 0 spiro atoms. The summed E-state index contributed by atoms with van der Waals surface area (Å²) >= 11 is 0. The predicted octanol–water partition coefficient (Wildman–Crippen LogP) is 4.50. The van der Waals surface area contributed by atoms with Gasteiger partial charge in [0.25, 0.3) is 0 Å². The summed E-state index contributed by atoms with van der Waals surface area (Å²) in [4.78, 5) is 0. The summed E-state index contributed by atoms with van der Waals surface area (Å²) in [5.41, 5.74) is 2.68. The quantitative estimate of drug-likeness (QED) is 0.444. The van der Waals surface area contributed by atoms with Crippen LogP contribution in [0.5, 0.6) is 0 Å². The highest BCUT2D eigenvalue weighted by Crippen LogP contribution is 2.12. The van der Waals surface area contributed by atoms with Crippen molar-refractivity contribution in [3.63, 3.8) is 0 Å². The predicted molar refractivity (Wildman–Crippen MR) is 100 cm³/mol. The van der Waals surface area contributed by atoms with Gasteiger partial charge in [-0.25, -0.2) is 0 Å². The Labute approximate surface area is 146 Å². The van der Waals surface area contributed by atoms with Crippen LogP contribution >= 0.6 is 0 Å². The number of hydrogen-bond donors (Lipinski definition) is 0. The van der Waals surface area contributed by atoms with E-state index < -0.39 is 8.80 Å². The smallest absolute Gasteiger partial charge is 0.377 e. The van der Waals surface area contributed by atoms with Gasteiger partial charge < -0.3 is 13.3 Å². The van der Waals surface area contributed by atoms with Crippen molar-refractivity contribution in [3.8, 4) is 0 Å². The minimum absolute atomic E-state index is 0.671. The van der Waals surface area contributed by atoms with Crippen LogP contribution in [0.2, 0.25) is 6.55 Å². The lowest BCUT2D eigenvalue weighted by atomic mass is 10.1. The molecule has 0 atom stereocenters. The molecule has 2 aromatic carbocycles. The van der Waals surface area contributed by atoms with E-state index in [4.69, 9.17) is 13.3 Å². The van der Waals surface area contributed by atoms with Crippen LogP contribution in [0.3, 0.4) is 0 Å². The molecule has 24 heavy (non-hydrogen) atoms. The zero-order valence-electron chi connectivity index (χ0n) is 14.7. The Hall–Kier alpha value is -1.46.